The van der Waals surface area contributed by atoms with Gasteiger partial charge in [0.15, 0.2) is 0 Å². The molecule has 0 aliphatic carbocycles. The summed E-state index contributed by atoms with van der Waals surface area (Å²) in [6.07, 6.45) is 1.91. The Morgan fingerprint density at radius 2 is 1.87 bits per heavy atom. The lowest BCUT2D eigenvalue weighted by Crippen LogP contribution is -2.35. The van der Waals surface area contributed by atoms with E-state index in [4.69, 9.17) is 10.5 Å². The number of hydrogen-bond acceptors (Lipinski definition) is 2. The van der Waals surface area contributed by atoms with Crippen LogP contribution in [0.1, 0.15) is 37.8 Å². The fourth-order valence-electron chi connectivity index (χ4n) is 1.95. The van der Waals surface area contributed by atoms with Crippen molar-refractivity contribution < 1.29 is 4.74 Å². The molecule has 0 fully saturated rings. The van der Waals surface area contributed by atoms with Crippen molar-refractivity contribution >= 4 is 0 Å². The third-order valence-corrected chi connectivity index (χ3v) is 3.23. The van der Waals surface area contributed by atoms with E-state index in [1.165, 1.54) is 11.1 Å². The molecule has 0 saturated carbocycles. The molecule has 0 bridgehead atoms. The maximum Gasteiger partial charge on any atom is 0.119 e. The van der Waals surface area contributed by atoms with Crippen LogP contribution in [0.25, 0.3) is 0 Å². The highest BCUT2D eigenvalue weighted by atomic mass is 16.5. The van der Waals surface area contributed by atoms with Crippen molar-refractivity contribution in [1.82, 2.24) is 0 Å². The monoisotopic (exact) mass is 207 g/mol. The highest BCUT2D eigenvalue weighted by molar-refractivity contribution is 5.38. The third-order valence-electron chi connectivity index (χ3n) is 3.23. The number of rotatable bonds is 4. The SMILES string of the molecule is CCC(N)(CC)c1ccc(OC)cc1C. The fraction of sp³-hybridized carbons (Fsp3) is 0.538. The first-order chi connectivity index (χ1) is 7.07. The smallest absolute Gasteiger partial charge is 0.119 e. The van der Waals surface area contributed by atoms with Crippen LogP contribution >= 0.6 is 0 Å². The van der Waals surface area contributed by atoms with Crippen LogP contribution in [0.3, 0.4) is 0 Å². The molecule has 0 saturated heterocycles. The maximum atomic E-state index is 6.37. The lowest BCUT2D eigenvalue weighted by atomic mass is 9.83. The minimum absolute atomic E-state index is 0.198. The second kappa shape index (κ2) is 4.67. The maximum absolute atomic E-state index is 6.37. The quantitative estimate of drug-likeness (QED) is 0.823. The first-order valence-corrected chi connectivity index (χ1v) is 5.51. The highest BCUT2D eigenvalue weighted by Crippen LogP contribution is 2.30. The molecule has 2 nitrogen and oxygen atoms in total. The molecule has 0 radical (unpaired) electrons. The topological polar surface area (TPSA) is 35.2 Å². The van der Waals surface area contributed by atoms with Crippen molar-refractivity contribution in [2.24, 2.45) is 5.73 Å². The molecule has 0 atom stereocenters. The summed E-state index contributed by atoms with van der Waals surface area (Å²) in [5.74, 6) is 0.894. The van der Waals surface area contributed by atoms with Crippen molar-refractivity contribution in [3.8, 4) is 5.75 Å². The number of ether oxygens (including phenoxy) is 1. The lowest BCUT2D eigenvalue weighted by Gasteiger charge is -2.29. The molecule has 0 amide bonds. The van der Waals surface area contributed by atoms with Crippen molar-refractivity contribution in [2.75, 3.05) is 7.11 Å². The standard InChI is InChI=1S/C13H21NO/c1-5-13(14,6-2)12-8-7-11(15-4)9-10(12)3/h7-9H,5-6,14H2,1-4H3. The summed E-state index contributed by atoms with van der Waals surface area (Å²) in [5, 5.41) is 0. The molecule has 1 rings (SSSR count). The molecule has 0 aliphatic rings. The van der Waals surface area contributed by atoms with Crippen LogP contribution in [0.4, 0.5) is 0 Å². The van der Waals surface area contributed by atoms with Gasteiger partial charge in [-0.3, -0.25) is 0 Å². The van der Waals surface area contributed by atoms with Gasteiger partial charge in [-0.2, -0.15) is 0 Å². The number of methoxy groups -OCH3 is 1. The minimum atomic E-state index is -0.198. The lowest BCUT2D eigenvalue weighted by molar-refractivity contribution is 0.402. The van der Waals surface area contributed by atoms with Gasteiger partial charge in [0.05, 0.1) is 7.11 Å². The number of nitrogens with two attached hydrogens (primary N) is 1. The van der Waals surface area contributed by atoms with Crippen LogP contribution in [0.5, 0.6) is 5.75 Å². The zero-order valence-electron chi connectivity index (χ0n) is 10.1. The van der Waals surface area contributed by atoms with Gasteiger partial charge >= 0.3 is 0 Å². The van der Waals surface area contributed by atoms with E-state index in [9.17, 15) is 0 Å². The molecular formula is C13H21NO. The predicted molar refractivity (Wildman–Crippen MR) is 64.2 cm³/mol. The summed E-state index contributed by atoms with van der Waals surface area (Å²) in [5.41, 5.74) is 8.61. The molecule has 2 N–H and O–H groups in total. The Labute approximate surface area is 92.4 Å². The second-order valence-electron chi connectivity index (χ2n) is 4.04. The van der Waals surface area contributed by atoms with Crippen LogP contribution in [0, 0.1) is 6.92 Å². The fourth-order valence-corrected chi connectivity index (χ4v) is 1.95. The van der Waals surface area contributed by atoms with E-state index in [2.05, 4.69) is 26.8 Å². The molecule has 1 aromatic rings. The molecule has 0 heterocycles. The first kappa shape index (κ1) is 12.1. The van der Waals surface area contributed by atoms with Crippen molar-refractivity contribution in [3.05, 3.63) is 29.3 Å². The van der Waals surface area contributed by atoms with E-state index in [1.807, 2.05) is 12.1 Å². The third kappa shape index (κ3) is 2.32. The Kier molecular flexibility index (Phi) is 3.75. The van der Waals surface area contributed by atoms with E-state index < -0.39 is 0 Å². The zero-order chi connectivity index (χ0) is 11.5. The molecule has 0 aromatic heterocycles. The van der Waals surface area contributed by atoms with Gasteiger partial charge < -0.3 is 10.5 Å². The van der Waals surface area contributed by atoms with Gasteiger partial charge in [-0.25, -0.2) is 0 Å². The van der Waals surface area contributed by atoms with Crippen LogP contribution in [0.15, 0.2) is 18.2 Å². The largest absolute Gasteiger partial charge is 0.497 e. The molecule has 0 spiro atoms. The Balaban J connectivity index is 3.14. The van der Waals surface area contributed by atoms with E-state index in [-0.39, 0.29) is 5.54 Å². The van der Waals surface area contributed by atoms with E-state index in [0.29, 0.717) is 0 Å². The molecule has 0 unspecified atom stereocenters. The molecule has 15 heavy (non-hydrogen) atoms. The first-order valence-electron chi connectivity index (χ1n) is 5.51. The van der Waals surface area contributed by atoms with Gasteiger partial charge in [-0.1, -0.05) is 19.9 Å². The minimum Gasteiger partial charge on any atom is -0.497 e. The number of hydrogen-bond donors (Lipinski definition) is 1. The average Bonchev–Trinajstić information content (AvgIpc) is 2.27. The van der Waals surface area contributed by atoms with Gasteiger partial charge in [-0.05, 0) is 43.0 Å². The molecule has 1 aromatic carbocycles. The second-order valence-corrected chi connectivity index (χ2v) is 4.04. The summed E-state index contributed by atoms with van der Waals surface area (Å²) in [6.45, 7) is 6.35. The summed E-state index contributed by atoms with van der Waals surface area (Å²) < 4.78 is 5.19. The average molecular weight is 207 g/mol. The molecule has 84 valence electrons. The molecule has 2 heteroatoms. The Hall–Kier alpha value is -1.02. The van der Waals surface area contributed by atoms with Crippen molar-refractivity contribution in [1.29, 1.82) is 0 Å². The predicted octanol–water partition coefficient (Wildman–Crippen LogP) is 2.98. The summed E-state index contributed by atoms with van der Waals surface area (Å²) in [7, 11) is 1.68. The Morgan fingerprint density at radius 1 is 1.27 bits per heavy atom. The van der Waals surface area contributed by atoms with Gasteiger partial charge in [-0.15, -0.1) is 0 Å². The Morgan fingerprint density at radius 3 is 2.27 bits per heavy atom. The van der Waals surface area contributed by atoms with Crippen molar-refractivity contribution in [3.63, 3.8) is 0 Å². The van der Waals surface area contributed by atoms with E-state index >= 15 is 0 Å². The summed E-state index contributed by atoms with van der Waals surface area (Å²) in [4.78, 5) is 0. The Bertz CT molecular complexity index is 329. The normalized spacial score (nSPS) is 11.5. The summed E-state index contributed by atoms with van der Waals surface area (Å²) in [6, 6.07) is 6.11. The van der Waals surface area contributed by atoms with Crippen LogP contribution < -0.4 is 10.5 Å². The summed E-state index contributed by atoms with van der Waals surface area (Å²) >= 11 is 0. The number of aryl methyl sites for hydroxylation is 1. The van der Waals surface area contributed by atoms with Gasteiger partial charge in [0, 0.05) is 5.54 Å². The number of benzene rings is 1. The van der Waals surface area contributed by atoms with Crippen LogP contribution in [0.2, 0.25) is 0 Å². The van der Waals surface area contributed by atoms with Crippen LogP contribution in [-0.2, 0) is 5.54 Å². The van der Waals surface area contributed by atoms with Gasteiger partial charge in [0.2, 0.25) is 0 Å². The molecule has 0 aliphatic heterocycles. The van der Waals surface area contributed by atoms with Gasteiger partial charge in [0.1, 0.15) is 5.75 Å². The van der Waals surface area contributed by atoms with Crippen LogP contribution in [-0.4, -0.2) is 7.11 Å². The van der Waals surface area contributed by atoms with E-state index in [0.717, 1.165) is 18.6 Å². The zero-order valence-corrected chi connectivity index (χ0v) is 10.1. The molecular weight excluding hydrogens is 186 g/mol. The highest BCUT2D eigenvalue weighted by Gasteiger charge is 2.24. The van der Waals surface area contributed by atoms with Crippen molar-refractivity contribution in [2.45, 2.75) is 39.2 Å². The van der Waals surface area contributed by atoms with E-state index in [1.54, 1.807) is 7.11 Å². The van der Waals surface area contributed by atoms with Gasteiger partial charge in [0.25, 0.3) is 0 Å².